The number of nitrogens with one attached hydrogen (secondary N) is 2. The van der Waals surface area contributed by atoms with Crippen molar-refractivity contribution in [2.75, 3.05) is 61.0 Å². The van der Waals surface area contributed by atoms with E-state index in [1.165, 1.54) is 9.91 Å². The van der Waals surface area contributed by atoms with E-state index in [0.29, 0.717) is 56.4 Å². The number of pyridine rings is 1. The molecule has 0 spiro atoms. The van der Waals surface area contributed by atoms with Gasteiger partial charge < -0.3 is 34.3 Å². The number of cyclic esters (lactones) is 1. The van der Waals surface area contributed by atoms with Gasteiger partial charge in [0.05, 0.1) is 30.9 Å². The number of aryl methyl sites for hydroxylation is 1. The lowest BCUT2D eigenvalue weighted by molar-refractivity contribution is -0.155. The van der Waals surface area contributed by atoms with E-state index < -0.39 is 47.2 Å². The summed E-state index contributed by atoms with van der Waals surface area (Å²) in [4.78, 5) is 79.8. The van der Waals surface area contributed by atoms with Crippen LogP contribution >= 0.6 is 0 Å². The van der Waals surface area contributed by atoms with Crippen LogP contribution in [0.5, 0.6) is 5.75 Å². The fourth-order valence-corrected chi connectivity index (χ4v) is 10.2. The molecule has 0 radical (unpaired) electrons. The van der Waals surface area contributed by atoms with Crippen molar-refractivity contribution < 1.29 is 38.6 Å². The molecule has 0 saturated carbocycles. The number of aromatic hydroxyl groups is 1. The molecule has 0 unspecified atom stereocenters. The van der Waals surface area contributed by atoms with Gasteiger partial charge in [0.15, 0.2) is 0 Å². The van der Waals surface area contributed by atoms with Crippen molar-refractivity contribution in [2.24, 2.45) is 17.3 Å². The van der Waals surface area contributed by atoms with Gasteiger partial charge in [0, 0.05) is 81.0 Å². The molecule has 4 amide bonds. The predicted octanol–water partition coefficient (Wildman–Crippen LogP) is 5.35. The number of phenolic OH excluding ortho intramolecular Hbond substituents is 1. The van der Waals surface area contributed by atoms with Crippen LogP contribution in [0.2, 0.25) is 0 Å². The van der Waals surface area contributed by atoms with E-state index in [1.807, 2.05) is 64.2 Å². The fraction of sp³-hybridized carbons (Fsp3) is 0.519. The van der Waals surface area contributed by atoms with Gasteiger partial charge in [-0.05, 0) is 124 Å². The number of benzene rings is 2. The van der Waals surface area contributed by atoms with Crippen molar-refractivity contribution >= 4 is 40.5 Å². The number of likely N-dealkylation sites (N-methyl/N-ethyl adjacent to an activating group) is 1. The number of nitrogens with zero attached hydrogens (tertiary/aromatic N) is 6. The molecule has 2 aromatic carbocycles. The first kappa shape index (κ1) is 51.6. The van der Waals surface area contributed by atoms with E-state index in [1.54, 1.807) is 37.4 Å². The number of fused-ring (bicyclic) bond motifs is 6. The van der Waals surface area contributed by atoms with Gasteiger partial charge in [0.1, 0.15) is 23.9 Å². The number of hydrogen-bond donors (Lipinski definition) is 3. The second-order valence-electron chi connectivity index (χ2n) is 20.5. The topological polar surface area (TPSA) is 179 Å². The van der Waals surface area contributed by atoms with Crippen molar-refractivity contribution in [2.45, 2.75) is 104 Å². The third-order valence-electron chi connectivity index (χ3n) is 13.8. The number of likely N-dealkylation sites (tertiary alicyclic amines) is 1. The minimum absolute atomic E-state index is 0.0154. The first-order chi connectivity index (χ1) is 33.3. The van der Waals surface area contributed by atoms with Gasteiger partial charge in [-0.3, -0.25) is 38.9 Å². The Morgan fingerprint density at radius 3 is 2.53 bits per heavy atom. The minimum atomic E-state index is -1.18. The van der Waals surface area contributed by atoms with Crippen LogP contribution in [0.1, 0.15) is 83.6 Å². The van der Waals surface area contributed by atoms with Crippen molar-refractivity contribution in [3.05, 3.63) is 71.5 Å². The average molecular weight is 959 g/mol. The van der Waals surface area contributed by atoms with E-state index in [9.17, 15) is 29.1 Å². The molecule has 70 heavy (non-hydrogen) atoms. The molecule has 5 heterocycles. The molecule has 2 fully saturated rings. The van der Waals surface area contributed by atoms with Crippen molar-refractivity contribution in [1.29, 1.82) is 0 Å². The molecule has 7 rings (SSSR count). The lowest BCUT2D eigenvalue weighted by atomic mass is 9.84. The molecule has 16 heteroatoms. The zero-order valence-electron chi connectivity index (χ0n) is 42.4. The molecule has 3 aliphatic rings. The van der Waals surface area contributed by atoms with Gasteiger partial charge in [-0.25, -0.2) is 5.43 Å². The van der Waals surface area contributed by atoms with Crippen molar-refractivity contribution in [1.82, 2.24) is 40.0 Å². The van der Waals surface area contributed by atoms with Crippen LogP contribution < -0.4 is 10.7 Å². The highest BCUT2D eigenvalue weighted by Gasteiger charge is 2.40. The number of aromatic nitrogens is 2. The fourth-order valence-electron chi connectivity index (χ4n) is 10.2. The van der Waals surface area contributed by atoms with E-state index in [4.69, 9.17) is 9.47 Å². The lowest BCUT2D eigenvalue weighted by Gasteiger charge is -2.37. The third kappa shape index (κ3) is 11.3. The van der Waals surface area contributed by atoms with Gasteiger partial charge >= 0.3 is 5.97 Å². The Kier molecular flexibility index (Phi) is 16.0. The van der Waals surface area contributed by atoms with Crippen LogP contribution in [0.15, 0.2) is 54.9 Å². The molecule has 4 aromatic rings. The van der Waals surface area contributed by atoms with Crippen molar-refractivity contribution in [3.63, 3.8) is 0 Å². The number of methoxy groups -OCH3 is 1. The number of ether oxygens (including phenoxy) is 2. The molecule has 3 N–H and O–H groups in total. The highest BCUT2D eigenvalue weighted by molar-refractivity contribution is 5.97. The monoisotopic (exact) mass is 959 g/mol. The van der Waals surface area contributed by atoms with Crippen LogP contribution in [-0.4, -0.2) is 143 Å². The Labute approximate surface area is 412 Å². The molecular formula is C54H70N8O8. The number of amides is 4. The smallest absolute Gasteiger partial charge is 0.324 e. The van der Waals surface area contributed by atoms with E-state index in [0.717, 1.165) is 38.9 Å². The number of phenols is 1. The minimum Gasteiger partial charge on any atom is -0.508 e. The standard InChI is InChI=1S/C54H70N8O8/c1-11-61-46-17-16-36-28-41(46)42(49(61)43-30-55-20-18-40(43)34(4)69-10)29-54(5,6)32-70-53(68)44-14-12-22-62(57-44)52(67)45(26-35-24-38(36)27-39(63)25-35)56-50(65)48(33(2)3)59(9)51(66)37-19-23-60(31-37)47(64)15-13-21-58(7)8/h16-18,20,24-25,27-28,30,33-34,37,44-45,48,57,63H,11-12,14,19,21-23,26,29,31-32H2,1-10H3,(H,56,65)/t34-,37-,44-,45-,48-/m0/s1. The van der Waals surface area contributed by atoms with Crippen molar-refractivity contribution in [3.8, 4) is 40.0 Å². The Morgan fingerprint density at radius 1 is 1.04 bits per heavy atom. The van der Waals surface area contributed by atoms with Gasteiger partial charge in [0.2, 0.25) is 11.8 Å². The molecule has 0 aliphatic carbocycles. The van der Waals surface area contributed by atoms with Gasteiger partial charge in [0.25, 0.3) is 11.8 Å². The van der Waals surface area contributed by atoms with Gasteiger partial charge in [-0.1, -0.05) is 45.7 Å². The van der Waals surface area contributed by atoms with Crippen LogP contribution in [0.3, 0.4) is 0 Å². The highest BCUT2D eigenvalue weighted by atomic mass is 16.5. The summed E-state index contributed by atoms with van der Waals surface area (Å²) in [5.41, 5.74) is 9.70. The summed E-state index contributed by atoms with van der Waals surface area (Å²) in [6.07, 6.45) is 5.33. The largest absolute Gasteiger partial charge is 0.508 e. The normalized spacial score (nSPS) is 20.4. The molecular weight excluding hydrogens is 889 g/mol. The van der Waals surface area contributed by atoms with E-state index in [-0.39, 0.29) is 55.7 Å². The maximum absolute atomic E-state index is 14.8. The molecule has 374 valence electrons. The van der Waals surface area contributed by atoms with Crippen LogP contribution in [0.4, 0.5) is 0 Å². The van der Waals surface area contributed by atoms with Crippen LogP contribution in [0.25, 0.3) is 33.3 Å². The number of carbonyl (C=O) groups is 5. The number of rotatable bonds is 10. The molecule has 16 nitrogen and oxygen atoms in total. The lowest BCUT2D eigenvalue weighted by Crippen LogP contribution is -2.62. The first-order valence-corrected chi connectivity index (χ1v) is 24.5. The second-order valence-corrected chi connectivity index (χ2v) is 20.5. The van der Waals surface area contributed by atoms with E-state index >= 15 is 0 Å². The highest BCUT2D eigenvalue weighted by Crippen LogP contribution is 2.42. The molecule has 3 aliphatic heterocycles. The summed E-state index contributed by atoms with van der Waals surface area (Å²) in [6.45, 7) is 14.0. The maximum atomic E-state index is 14.8. The SMILES string of the molecule is CCn1c(-c2cnccc2[C@H](C)OC)c2c3cc(ccc31)-c1cc(O)cc(c1)C[C@H](NC(=O)[C@H](C(C)C)N(C)C(=O)[C@H]1CCN(C(=O)C#CCN(C)C)C1)C(=O)N1CCC[C@H](N1)C(=O)OCC(C)(C)C2. The quantitative estimate of drug-likeness (QED) is 0.138. The summed E-state index contributed by atoms with van der Waals surface area (Å²) in [5, 5.41) is 16.8. The Hall–Kier alpha value is -6.28. The Bertz CT molecular complexity index is 2680. The molecule has 2 aromatic heterocycles. The Morgan fingerprint density at radius 2 is 1.81 bits per heavy atom. The summed E-state index contributed by atoms with van der Waals surface area (Å²) in [5.74, 6) is 2.49. The zero-order valence-corrected chi connectivity index (χ0v) is 42.4. The molecule has 5 atom stereocenters. The zero-order chi connectivity index (χ0) is 50.6. The number of carbonyl (C=O) groups excluding carboxylic acids is 5. The van der Waals surface area contributed by atoms with Gasteiger partial charge in [-0.15, -0.1) is 0 Å². The first-order valence-electron chi connectivity index (χ1n) is 24.5. The number of esters is 1. The summed E-state index contributed by atoms with van der Waals surface area (Å²) in [6, 6.07) is 10.5. The van der Waals surface area contributed by atoms with E-state index in [2.05, 4.69) is 65.0 Å². The Balaban J connectivity index is 1.26. The maximum Gasteiger partial charge on any atom is 0.324 e. The van der Waals surface area contributed by atoms with Crippen LogP contribution in [0, 0.1) is 29.1 Å². The van der Waals surface area contributed by atoms with Gasteiger partial charge in [-0.2, -0.15) is 0 Å². The molecule has 6 bridgehead atoms. The summed E-state index contributed by atoms with van der Waals surface area (Å²) < 4.78 is 14.3. The third-order valence-corrected chi connectivity index (χ3v) is 13.8. The predicted molar refractivity (Wildman–Crippen MR) is 268 cm³/mol. The number of hydrazine groups is 1. The van der Waals surface area contributed by atoms with Crippen LogP contribution in [-0.2, 0) is 52.8 Å². The average Bonchev–Trinajstić information content (AvgIpc) is 3.94. The summed E-state index contributed by atoms with van der Waals surface area (Å²) >= 11 is 0. The number of hydrogen-bond acceptors (Lipinski definition) is 11. The molecule has 2 saturated heterocycles. The summed E-state index contributed by atoms with van der Waals surface area (Å²) in [7, 11) is 7.00. The second kappa shape index (κ2) is 21.8.